The quantitative estimate of drug-likeness (QED) is 0.560. The van der Waals surface area contributed by atoms with Crippen molar-refractivity contribution in [3.8, 4) is 5.95 Å². The van der Waals surface area contributed by atoms with Gasteiger partial charge in [0.2, 0.25) is 11.8 Å². The zero-order chi connectivity index (χ0) is 22.2. The van der Waals surface area contributed by atoms with Crippen LogP contribution in [0.2, 0.25) is 0 Å². The number of aromatic nitrogens is 4. The molecule has 4 heterocycles. The summed E-state index contributed by atoms with van der Waals surface area (Å²) in [5.41, 5.74) is 1.54. The van der Waals surface area contributed by atoms with Crippen LogP contribution < -0.4 is 0 Å². The number of fused-ring (bicyclic) bond motifs is 1. The van der Waals surface area contributed by atoms with Crippen molar-refractivity contribution in [2.24, 2.45) is 5.92 Å². The van der Waals surface area contributed by atoms with E-state index in [1.165, 1.54) is 12.1 Å². The Bertz CT molecular complexity index is 1120. The molecule has 1 aromatic carbocycles. The molecular weight excluding hydrogens is 447 g/mol. The number of nitrogens with zero attached hydrogens (tertiary/aromatic N) is 6. The van der Waals surface area contributed by atoms with E-state index in [-0.39, 0.29) is 30.0 Å². The maximum Gasteiger partial charge on any atom is 0.291 e. The molecular formula is C23H30ClFN6O2. The molecule has 5 rings (SSSR count). The molecule has 0 unspecified atom stereocenters. The second-order valence-corrected chi connectivity index (χ2v) is 9.00. The summed E-state index contributed by atoms with van der Waals surface area (Å²) in [4.78, 5) is 20.6. The van der Waals surface area contributed by atoms with Crippen LogP contribution >= 0.6 is 12.4 Å². The lowest BCUT2D eigenvalue weighted by Crippen LogP contribution is -2.37. The summed E-state index contributed by atoms with van der Waals surface area (Å²) in [5, 5.41) is 9.66. The number of carbonyl (C=O) groups excluding carboxylic acids is 1. The first-order valence-corrected chi connectivity index (χ1v) is 11.5. The Morgan fingerprint density at radius 2 is 2.00 bits per heavy atom. The van der Waals surface area contributed by atoms with Gasteiger partial charge in [-0.15, -0.1) is 12.4 Å². The van der Waals surface area contributed by atoms with Crippen molar-refractivity contribution in [3.05, 3.63) is 35.6 Å². The molecule has 0 spiro atoms. The number of rotatable bonds is 5. The number of carbonyl (C=O) groups is 1. The van der Waals surface area contributed by atoms with Crippen molar-refractivity contribution in [2.75, 3.05) is 32.7 Å². The number of hydrogen-bond donors (Lipinski definition) is 0. The van der Waals surface area contributed by atoms with Gasteiger partial charge in [0.1, 0.15) is 5.82 Å². The van der Waals surface area contributed by atoms with Gasteiger partial charge in [-0.05, 0) is 62.0 Å². The van der Waals surface area contributed by atoms with E-state index in [1.807, 2.05) is 11.8 Å². The lowest BCUT2D eigenvalue weighted by molar-refractivity contribution is -0.127. The van der Waals surface area contributed by atoms with Crippen LogP contribution in [-0.2, 0) is 11.2 Å². The molecule has 8 nitrogen and oxygen atoms in total. The Hall–Kier alpha value is -2.52. The summed E-state index contributed by atoms with van der Waals surface area (Å²) < 4.78 is 21.1. The fraction of sp³-hybridized carbons (Fsp3) is 0.565. The third kappa shape index (κ3) is 4.75. The number of piperidine rings is 1. The summed E-state index contributed by atoms with van der Waals surface area (Å²) in [5.74, 6) is 1.62. The molecule has 1 atom stereocenters. The molecule has 2 aromatic heterocycles. The topological polar surface area (TPSA) is 80.3 Å². The van der Waals surface area contributed by atoms with Gasteiger partial charge in [-0.25, -0.2) is 4.39 Å². The highest BCUT2D eigenvalue weighted by Crippen LogP contribution is 2.29. The second kappa shape index (κ2) is 9.77. The minimum atomic E-state index is -0.314. The Kier molecular flexibility index (Phi) is 6.99. The van der Waals surface area contributed by atoms with E-state index in [0.717, 1.165) is 69.5 Å². The summed E-state index contributed by atoms with van der Waals surface area (Å²) in [6, 6.07) is 4.67. The van der Waals surface area contributed by atoms with E-state index in [9.17, 15) is 9.18 Å². The molecule has 0 aliphatic carbocycles. The Labute approximate surface area is 198 Å². The molecule has 10 heteroatoms. The Morgan fingerprint density at radius 3 is 2.70 bits per heavy atom. The minimum Gasteiger partial charge on any atom is -0.343 e. The van der Waals surface area contributed by atoms with Crippen LogP contribution in [0.4, 0.5) is 4.39 Å². The molecule has 2 aliphatic rings. The third-order valence-corrected chi connectivity index (χ3v) is 6.86. The van der Waals surface area contributed by atoms with Crippen LogP contribution in [0.5, 0.6) is 0 Å². The van der Waals surface area contributed by atoms with E-state index in [0.29, 0.717) is 23.3 Å². The van der Waals surface area contributed by atoms with Gasteiger partial charge in [-0.1, -0.05) is 6.92 Å². The molecule has 2 saturated heterocycles. The monoisotopic (exact) mass is 476 g/mol. The predicted molar refractivity (Wildman–Crippen MR) is 124 cm³/mol. The van der Waals surface area contributed by atoms with Gasteiger partial charge in [-0.2, -0.15) is 14.8 Å². The van der Waals surface area contributed by atoms with Gasteiger partial charge >= 0.3 is 0 Å². The highest BCUT2D eigenvalue weighted by Gasteiger charge is 2.30. The molecule has 1 amide bonds. The molecule has 0 saturated carbocycles. The number of benzene rings is 1. The van der Waals surface area contributed by atoms with Crippen molar-refractivity contribution in [2.45, 2.75) is 45.4 Å². The number of halogens is 2. The van der Waals surface area contributed by atoms with Crippen molar-refractivity contribution >= 4 is 29.2 Å². The molecule has 2 aliphatic heterocycles. The van der Waals surface area contributed by atoms with E-state index in [2.05, 4.69) is 20.1 Å². The smallest absolute Gasteiger partial charge is 0.291 e. The van der Waals surface area contributed by atoms with Gasteiger partial charge in [0, 0.05) is 43.9 Å². The fourth-order valence-corrected chi connectivity index (χ4v) is 5.04. The molecule has 33 heavy (non-hydrogen) atoms. The number of amides is 1. The summed E-state index contributed by atoms with van der Waals surface area (Å²) in [6.45, 7) is 8.43. The van der Waals surface area contributed by atoms with Gasteiger partial charge in [0.15, 0.2) is 0 Å². The van der Waals surface area contributed by atoms with Gasteiger partial charge in [0.25, 0.3) is 5.95 Å². The van der Waals surface area contributed by atoms with Crippen LogP contribution in [0.1, 0.15) is 50.6 Å². The third-order valence-electron chi connectivity index (χ3n) is 6.86. The van der Waals surface area contributed by atoms with Crippen LogP contribution in [0.3, 0.4) is 0 Å². The molecule has 0 radical (unpaired) electrons. The molecule has 0 N–H and O–H groups in total. The normalized spacial score (nSPS) is 19.8. The fourth-order valence-electron chi connectivity index (χ4n) is 5.04. The highest BCUT2D eigenvalue weighted by atomic mass is 35.5. The van der Waals surface area contributed by atoms with E-state index in [1.54, 1.807) is 17.7 Å². The SMILES string of the molecule is CCc1nn(-c2noc(C3CCN(C[C@H]4CCN(C(C)=O)C4)CC3)n2)c2cc(F)ccc12.Cl. The first-order valence-electron chi connectivity index (χ1n) is 11.5. The molecule has 2 fully saturated rings. The Balaban J connectivity index is 0.00000259. The van der Waals surface area contributed by atoms with E-state index < -0.39 is 0 Å². The summed E-state index contributed by atoms with van der Waals surface area (Å²) in [6.07, 6.45) is 3.74. The van der Waals surface area contributed by atoms with Gasteiger partial charge in [0.05, 0.1) is 11.2 Å². The highest BCUT2D eigenvalue weighted by molar-refractivity contribution is 5.85. The molecule has 178 valence electrons. The van der Waals surface area contributed by atoms with Crippen molar-refractivity contribution in [3.63, 3.8) is 0 Å². The van der Waals surface area contributed by atoms with Crippen LogP contribution in [-0.4, -0.2) is 68.4 Å². The average molecular weight is 477 g/mol. The lowest BCUT2D eigenvalue weighted by Gasteiger charge is -2.32. The zero-order valence-corrected chi connectivity index (χ0v) is 19.9. The second-order valence-electron chi connectivity index (χ2n) is 9.00. The number of hydrogen-bond acceptors (Lipinski definition) is 6. The van der Waals surface area contributed by atoms with Gasteiger partial charge < -0.3 is 14.3 Å². The standard InChI is InChI=1S/C23H29FN6O2.ClH/c1-3-20-19-5-4-18(24)12-21(19)30(26-20)23-25-22(32-27-23)17-7-9-28(10-8-17)13-16-6-11-29(14-16)15(2)31;/h4-5,12,16-17H,3,6-11,13-14H2,1-2H3;1H/t16-;/m1./s1. The Morgan fingerprint density at radius 1 is 1.21 bits per heavy atom. The number of likely N-dealkylation sites (tertiary alicyclic amines) is 2. The van der Waals surface area contributed by atoms with Crippen LogP contribution in [0, 0.1) is 11.7 Å². The summed E-state index contributed by atoms with van der Waals surface area (Å²) >= 11 is 0. The van der Waals surface area contributed by atoms with E-state index in [4.69, 9.17) is 4.52 Å². The maximum atomic E-state index is 13.9. The lowest BCUT2D eigenvalue weighted by atomic mass is 9.95. The first-order chi connectivity index (χ1) is 15.5. The van der Waals surface area contributed by atoms with Crippen LogP contribution in [0.15, 0.2) is 22.7 Å². The largest absolute Gasteiger partial charge is 0.343 e. The van der Waals surface area contributed by atoms with E-state index >= 15 is 0 Å². The average Bonchev–Trinajstić information content (AvgIpc) is 3.52. The molecule has 3 aromatic rings. The first kappa shape index (κ1) is 23.6. The van der Waals surface area contributed by atoms with Gasteiger partial charge in [-0.3, -0.25) is 4.79 Å². The molecule has 0 bridgehead atoms. The number of aryl methyl sites for hydroxylation is 1. The van der Waals surface area contributed by atoms with Crippen molar-refractivity contribution in [1.82, 2.24) is 29.7 Å². The zero-order valence-electron chi connectivity index (χ0n) is 19.0. The maximum absolute atomic E-state index is 13.9. The van der Waals surface area contributed by atoms with Crippen LogP contribution in [0.25, 0.3) is 16.9 Å². The van der Waals surface area contributed by atoms with Crippen molar-refractivity contribution < 1.29 is 13.7 Å². The summed E-state index contributed by atoms with van der Waals surface area (Å²) in [7, 11) is 0. The minimum absolute atomic E-state index is 0. The predicted octanol–water partition coefficient (Wildman–Crippen LogP) is 3.58. The van der Waals surface area contributed by atoms with Crippen molar-refractivity contribution in [1.29, 1.82) is 0 Å².